The van der Waals surface area contributed by atoms with Crippen LogP contribution in [-0.2, 0) is 4.79 Å². The first-order valence-electron chi connectivity index (χ1n) is 8.23. The van der Waals surface area contributed by atoms with Crippen molar-refractivity contribution in [1.82, 2.24) is 4.98 Å². The molecule has 0 aliphatic heterocycles. The molecule has 2 N–H and O–H groups in total. The number of carbonyl (C=O) groups is 2. The van der Waals surface area contributed by atoms with E-state index in [9.17, 15) is 9.59 Å². The van der Waals surface area contributed by atoms with Gasteiger partial charge in [0.05, 0.1) is 0 Å². The highest BCUT2D eigenvalue weighted by molar-refractivity contribution is 6.05. The highest BCUT2D eigenvalue weighted by atomic mass is 16.2. The summed E-state index contributed by atoms with van der Waals surface area (Å²) in [5, 5.41) is 5.63. The van der Waals surface area contributed by atoms with Gasteiger partial charge >= 0.3 is 0 Å². The number of nitrogens with one attached hydrogen (secondary N) is 2. The van der Waals surface area contributed by atoms with E-state index in [1.54, 1.807) is 36.7 Å². The Morgan fingerprint density at radius 2 is 1.69 bits per heavy atom. The van der Waals surface area contributed by atoms with Crippen LogP contribution in [0.5, 0.6) is 0 Å². The summed E-state index contributed by atoms with van der Waals surface area (Å²) in [6.07, 6.45) is 3.52. The number of hydrogen-bond acceptors (Lipinski definition) is 3. The minimum absolute atomic E-state index is 0.148. The van der Waals surface area contributed by atoms with Gasteiger partial charge in [-0.15, -0.1) is 0 Å². The molecular formula is C21H19N3O2. The number of amides is 2. The van der Waals surface area contributed by atoms with E-state index in [4.69, 9.17) is 0 Å². The monoisotopic (exact) mass is 345 g/mol. The lowest BCUT2D eigenvalue weighted by atomic mass is 10.0. The Balaban J connectivity index is 1.79. The van der Waals surface area contributed by atoms with Gasteiger partial charge in [-0.05, 0) is 54.4 Å². The molecule has 0 saturated carbocycles. The van der Waals surface area contributed by atoms with Gasteiger partial charge in [0, 0.05) is 41.8 Å². The lowest BCUT2D eigenvalue weighted by Gasteiger charge is -2.11. The van der Waals surface area contributed by atoms with Crippen LogP contribution in [0.2, 0.25) is 0 Å². The van der Waals surface area contributed by atoms with Gasteiger partial charge in [-0.1, -0.05) is 18.2 Å². The fourth-order valence-corrected chi connectivity index (χ4v) is 2.57. The van der Waals surface area contributed by atoms with Gasteiger partial charge in [-0.2, -0.15) is 0 Å². The zero-order chi connectivity index (χ0) is 18.5. The molecule has 0 aliphatic rings. The molecule has 0 aliphatic carbocycles. The second-order valence-corrected chi connectivity index (χ2v) is 5.98. The van der Waals surface area contributed by atoms with E-state index in [-0.39, 0.29) is 11.8 Å². The summed E-state index contributed by atoms with van der Waals surface area (Å²) in [5.41, 5.74) is 4.87. The molecule has 5 nitrogen and oxygen atoms in total. The van der Waals surface area contributed by atoms with Gasteiger partial charge < -0.3 is 10.6 Å². The van der Waals surface area contributed by atoms with Crippen molar-refractivity contribution in [2.75, 3.05) is 10.6 Å². The van der Waals surface area contributed by atoms with Crippen LogP contribution in [0, 0.1) is 6.92 Å². The minimum atomic E-state index is -0.203. The molecule has 0 radical (unpaired) electrons. The molecule has 2 amide bonds. The van der Waals surface area contributed by atoms with E-state index in [1.807, 2.05) is 37.3 Å². The molecule has 3 aromatic rings. The number of pyridine rings is 1. The Bertz CT molecular complexity index is 935. The number of nitrogens with zero attached hydrogens (tertiary/aromatic N) is 1. The zero-order valence-electron chi connectivity index (χ0n) is 14.6. The van der Waals surface area contributed by atoms with E-state index < -0.39 is 0 Å². The highest BCUT2D eigenvalue weighted by Crippen LogP contribution is 2.25. The largest absolute Gasteiger partial charge is 0.326 e. The van der Waals surface area contributed by atoms with Crippen LogP contribution >= 0.6 is 0 Å². The van der Waals surface area contributed by atoms with Gasteiger partial charge in [0.1, 0.15) is 0 Å². The van der Waals surface area contributed by atoms with Crippen molar-refractivity contribution in [3.8, 4) is 11.1 Å². The van der Waals surface area contributed by atoms with Gasteiger partial charge in [0.15, 0.2) is 0 Å². The van der Waals surface area contributed by atoms with E-state index in [0.29, 0.717) is 11.3 Å². The second kappa shape index (κ2) is 7.61. The Morgan fingerprint density at radius 1 is 0.923 bits per heavy atom. The molecule has 0 spiro atoms. The Labute approximate surface area is 152 Å². The summed E-state index contributed by atoms with van der Waals surface area (Å²) in [5.74, 6) is -0.351. The summed E-state index contributed by atoms with van der Waals surface area (Å²) in [7, 11) is 0. The van der Waals surface area contributed by atoms with E-state index in [2.05, 4.69) is 15.6 Å². The molecule has 0 saturated heterocycles. The van der Waals surface area contributed by atoms with Crippen molar-refractivity contribution in [3.63, 3.8) is 0 Å². The minimum Gasteiger partial charge on any atom is -0.326 e. The summed E-state index contributed by atoms with van der Waals surface area (Å²) in [6.45, 7) is 3.39. The Hall–Kier alpha value is -3.47. The molecule has 0 unspecified atom stereocenters. The van der Waals surface area contributed by atoms with E-state index >= 15 is 0 Å². The number of rotatable bonds is 4. The van der Waals surface area contributed by atoms with Crippen molar-refractivity contribution in [2.24, 2.45) is 0 Å². The van der Waals surface area contributed by atoms with Gasteiger partial charge in [0.25, 0.3) is 5.91 Å². The summed E-state index contributed by atoms with van der Waals surface area (Å²) in [6, 6.07) is 16.5. The average molecular weight is 345 g/mol. The number of benzene rings is 2. The van der Waals surface area contributed by atoms with Crippen molar-refractivity contribution in [3.05, 3.63) is 78.1 Å². The second-order valence-electron chi connectivity index (χ2n) is 5.98. The molecule has 0 bridgehead atoms. The fraction of sp³-hybridized carbons (Fsp3) is 0.0952. The number of aryl methyl sites for hydroxylation is 1. The normalized spacial score (nSPS) is 10.2. The number of hydrogen-bond donors (Lipinski definition) is 2. The van der Waals surface area contributed by atoms with Gasteiger partial charge in [-0.3, -0.25) is 14.6 Å². The average Bonchev–Trinajstić information content (AvgIpc) is 2.64. The lowest BCUT2D eigenvalue weighted by Crippen LogP contribution is -2.13. The molecule has 3 rings (SSSR count). The SMILES string of the molecule is CC(=O)Nc1ccc(C(=O)Nc2cc(-c3cccnc3)ccc2C)cc1. The van der Waals surface area contributed by atoms with Crippen LogP contribution in [0.3, 0.4) is 0 Å². The Morgan fingerprint density at radius 3 is 2.35 bits per heavy atom. The summed E-state index contributed by atoms with van der Waals surface area (Å²) >= 11 is 0. The van der Waals surface area contributed by atoms with E-state index in [1.165, 1.54) is 6.92 Å². The van der Waals surface area contributed by atoms with Crippen LogP contribution in [0.4, 0.5) is 11.4 Å². The van der Waals surface area contributed by atoms with Crippen molar-refractivity contribution in [2.45, 2.75) is 13.8 Å². The third kappa shape index (κ3) is 4.13. The number of anilines is 2. The topological polar surface area (TPSA) is 71.1 Å². The van der Waals surface area contributed by atoms with Crippen LogP contribution in [0.15, 0.2) is 67.0 Å². The molecule has 2 aromatic carbocycles. The standard InChI is InChI=1S/C21H19N3O2/c1-14-5-6-17(18-4-3-11-22-13-18)12-20(14)24-21(26)16-7-9-19(10-8-16)23-15(2)25/h3-13H,1-2H3,(H,23,25)(H,24,26). The molecule has 26 heavy (non-hydrogen) atoms. The lowest BCUT2D eigenvalue weighted by molar-refractivity contribution is -0.114. The predicted molar refractivity (Wildman–Crippen MR) is 103 cm³/mol. The third-order valence-corrected chi connectivity index (χ3v) is 3.95. The Kier molecular flexibility index (Phi) is 5.08. The van der Waals surface area contributed by atoms with E-state index in [0.717, 1.165) is 22.4 Å². The first-order chi connectivity index (χ1) is 12.5. The van der Waals surface area contributed by atoms with Crippen LogP contribution in [0.25, 0.3) is 11.1 Å². The molecule has 5 heteroatoms. The quantitative estimate of drug-likeness (QED) is 0.742. The zero-order valence-corrected chi connectivity index (χ0v) is 14.6. The maximum absolute atomic E-state index is 12.5. The number of carbonyl (C=O) groups excluding carboxylic acids is 2. The first kappa shape index (κ1) is 17.4. The van der Waals surface area contributed by atoms with Crippen LogP contribution in [0.1, 0.15) is 22.8 Å². The molecule has 130 valence electrons. The predicted octanol–water partition coefficient (Wildman–Crippen LogP) is 4.27. The van der Waals surface area contributed by atoms with Crippen molar-refractivity contribution < 1.29 is 9.59 Å². The molecule has 1 aromatic heterocycles. The maximum atomic E-state index is 12.5. The fourth-order valence-electron chi connectivity index (χ4n) is 2.57. The number of aromatic nitrogens is 1. The summed E-state index contributed by atoms with van der Waals surface area (Å²) in [4.78, 5) is 27.7. The van der Waals surface area contributed by atoms with Gasteiger partial charge in [0.2, 0.25) is 5.91 Å². The molecule has 0 fully saturated rings. The van der Waals surface area contributed by atoms with Crippen LogP contribution in [-0.4, -0.2) is 16.8 Å². The smallest absolute Gasteiger partial charge is 0.255 e. The molecular weight excluding hydrogens is 326 g/mol. The third-order valence-electron chi connectivity index (χ3n) is 3.95. The van der Waals surface area contributed by atoms with Crippen molar-refractivity contribution >= 4 is 23.2 Å². The maximum Gasteiger partial charge on any atom is 0.255 e. The summed E-state index contributed by atoms with van der Waals surface area (Å²) < 4.78 is 0. The van der Waals surface area contributed by atoms with Crippen molar-refractivity contribution in [1.29, 1.82) is 0 Å². The van der Waals surface area contributed by atoms with Crippen LogP contribution < -0.4 is 10.6 Å². The molecule has 0 atom stereocenters. The van der Waals surface area contributed by atoms with Gasteiger partial charge in [-0.25, -0.2) is 0 Å². The first-order valence-corrected chi connectivity index (χ1v) is 8.23. The molecule has 1 heterocycles. The highest BCUT2D eigenvalue weighted by Gasteiger charge is 2.09.